The fourth-order valence-electron chi connectivity index (χ4n) is 2.06. The number of guanidine groups is 1. The lowest BCUT2D eigenvalue weighted by Crippen LogP contribution is -2.53. The Morgan fingerprint density at radius 1 is 1.24 bits per heavy atom. The van der Waals surface area contributed by atoms with Crippen molar-refractivity contribution in [1.29, 1.82) is 0 Å². The van der Waals surface area contributed by atoms with Gasteiger partial charge in [0.2, 0.25) is 15.9 Å². The average molecular weight is 374 g/mol. The molecule has 144 valence electrons. The minimum absolute atomic E-state index is 0.0982. The molecule has 0 saturated heterocycles. The second kappa shape index (κ2) is 8.18. The molecular weight excluding hydrogens is 342 g/mol. The molecule has 25 heavy (non-hydrogen) atoms. The minimum atomic E-state index is -3.28. The molecule has 1 aromatic heterocycles. The SMILES string of the molecule is CCNC(=NCc1ncc(C(C)(C)C)o1)NCC(C)(C)NS(C)(=O)=O. The van der Waals surface area contributed by atoms with Crippen LogP contribution in [0.3, 0.4) is 0 Å². The standard InChI is InChI=1S/C16H31N5O3S/c1-8-17-14(20-11-16(5,6)21-25(7,22)23)19-10-13-18-9-12(24-13)15(2,3)4/h9,21H,8,10-11H2,1-7H3,(H2,17,19,20). The normalized spacial score (nSPS) is 13.8. The number of nitrogens with zero attached hydrogens (tertiary/aromatic N) is 2. The lowest BCUT2D eigenvalue weighted by atomic mass is 9.94. The Labute approximate surface area is 150 Å². The van der Waals surface area contributed by atoms with Gasteiger partial charge in [-0.25, -0.2) is 23.1 Å². The van der Waals surface area contributed by atoms with Crippen molar-refractivity contribution >= 4 is 16.0 Å². The van der Waals surface area contributed by atoms with Gasteiger partial charge in [-0.3, -0.25) is 0 Å². The van der Waals surface area contributed by atoms with Gasteiger partial charge in [0.25, 0.3) is 0 Å². The van der Waals surface area contributed by atoms with E-state index in [1.807, 2.05) is 6.92 Å². The highest BCUT2D eigenvalue weighted by molar-refractivity contribution is 7.88. The van der Waals surface area contributed by atoms with Crippen LogP contribution < -0.4 is 15.4 Å². The van der Waals surface area contributed by atoms with Crippen molar-refractivity contribution in [2.45, 2.75) is 59.0 Å². The van der Waals surface area contributed by atoms with Gasteiger partial charge in [-0.2, -0.15) is 0 Å². The van der Waals surface area contributed by atoms with Crippen LogP contribution in [0.5, 0.6) is 0 Å². The molecule has 0 aliphatic heterocycles. The predicted octanol–water partition coefficient (Wildman–Crippen LogP) is 1.36. The number of hydrogen-bond acceptors (Lipinski definition) is 5. The van der Waals surface area contributed by atoms with E-state index >= 15 is 0 Å². The molecule has 0 aliphatic carbocycles. The summed E-state index contributed by atoms with van der Waals surface area (Å²) in [5.41, 5.74) is -0.745. The van der Waals surface area contributed by atoms with Crippen LogP contribution in [0.25, 0.3) is 0 Å². The van der Waals surface area contributed by atoms with Gasteiger partial charge in [0.05, 0.1) is 12.5 Å². The molecule has 1 heterocycles. The molecule has 0 fully saturated rings. The Bertz CT molecular complexity index is 687. The van der Waals surface area contributed by atoms with E-state index < -0.39 is 15.6 Å². The maximum absolute atomic E-state index is 11.4. The van der Waals surface area contributed by atoms with E-state index in [0.717, 1.165) is 12.0 Å². The number of aliphatic imine (C=N–C) groups is 1. The zero-order valence-corrected chi connectivity index (χ0v) is 17.0. The largest absolute Gasteiger partial charge is 0.443 e. The van der Waals surface area contributed by atoms with Gasteiger partial charge in [-0.05, 0) is 20.8 Å². The van der Waals surface area contributed by atoms with Gasteiger partial charge in [0, 0.05) is 24.0 Å². The first-order valence-corrected chi connectivity index (χ1v) is 10.2. The summed E-state index contributed by atoms with van der Waals surface area (Å²) < 4.78 is 31.1. The Balaban J connectivity index is 2.72. The highest BCUT2D eigenvalue weighted by Crippen LogP contribution is 2.22. The number of hydrogen-bond donors (Lipinski definition) is 3. The van der Waals surface area contributed by atoms with E-state index in [1.54, 1.807) is 20.0 Å². The van der Waals surface area contributed by atoms with E-state index in [2.05, 4.69) is 46.1 Å². The Morgan fingerprint density at radius 3 is 2.36 bits per heavy atom. The van der Waals surface area contributed by atoms with Crippen molar-refractivity contribution < 1.29 is 12.8 Å². The number of rotatable bonds is 7. The molecule has 9 heteroatoms. The average Bonchev–Trinajstić information content (AvgIpc) is 2.88. The smallest absolute Gasteiger partial charge is 0.216 e. The summed E-state index contributed by atoms with van der Waals surface area (Å²) in [4.78, 5) is 8.69. The maximum Gasteiger partial charge on any atom is 0.216 e. The van der Waals surface area contributed by atoms with Crippen molar-refractivity contribution in [2.24, 2.45) is 4.99 Å². The molecule has 0 spiro atoms. The fraction of sp³-hybridized carbons (Fsp3) is 0.750. The Hall–Kier alpha value is -1.61. The first kappa shape index (κ1) is 21.4. The van der Waals surface area contributed by atoms with Crippen LogP contribution in [-0.4, -0.2) is 44.2 Å². The van der Waals surface area contributed by atoms with Crippen molar-refractivity contribution in [1.82, 2.24) is 20.3 Å². The Kier molecular flexibility index (Phi) is 7.01. The molecule has 1 rings (SSSR count). The number of aromatic nitrogens is 1. The van der Waals surface area contributed by atoms with Gasteiger partial charge >= 0.3 is 0 Å². The summed E-state index contributed by atoms with van der Waals surface area (Å²) in [5.74, 6) is 1.92. The second-order valence-corrected chi connectivity index (χ2v) is 9.42. The lowest BCUT2D eigenvalue weighted by Gasteiger charge is -2.26. The fourth-order valence-corrected chi connectivity index (χ4v) is 3.14. The summed E-state index contributed by atoms with van der Waals surface area (Å²) in [6, 6.07) is 0. The van der Waals surface area contributed by atoms with Crippen LogP contribution in [-0.2, 0) is 22.0 Å². The van der Waals surface area contributed by atoms with Crippen LogP contribution in [0, 0.1) is 0 Å². The highest BCUT2D eigenvalue weighted by atomic mass is 32.2. The topological polar surface area (TPSA) is 109 Å². The zero-order valence-electron chi connectivity index (χ0n) is 16.2. The lowest BCUT2D eigenvalue weighted by molar-refractivity contribution is 0.383. The summed E-state index contributed by atoms with van der Waals surface area (Å²) in [7, 11) is -3.28. The maximum atomic E-state index is 11.4. The number of nitrogens with one attached hydrogen (secondary N) is 3. The van der Waals surface area contributed by atoms with Crippen molar-refractivity contribution in [3.05, 3.63) is 17.8 Å². The van der Waals surface area contributed by atoms with Crippen molar-refractivity contribution in [2.75, 3.05) is 19.3 Å². The first-order chi connectivity index (χ1) is 11.3. The zero-order chi connectivity index (χ0) is 19.3. The van der Waals surface area contributed by atoms with Crippen LogP contribution in [0.15, 0.2) is 15.6 Å². The van der Waals surface area contributed by atoms with Crippen molar-refractivity contribution in [3.63, 3.8) is 0 Å². The number of oxazole rings is 1. The molecule has 0 aliphatic rings. The monoisotopic (exact) mass is 373 g/mol. The van der Waals surface area contributed by atoms with Crippen LogP contribution in [0.2, 0.25) is 0 Å². The highest BCUT2D eigenvalue weighted by Gasteiger charge is 2.22. The molecule has 0 saturated carbocycles. The van der Waals surface area contributed by atoms with Gasteiger partial charge < -0.3 is 15.1 Å². The van der Waals surface area contributed by atoms with E-state index in [9.17, 15) is 8.42 Å². The minimum Gasteiger partial charge on any atom is -0.443 e. The van der Waals surface area contributed by atoms with Gasteiger partial charge in [0.15, 0.2) is 5.96 Å². The molecule has 8 nitrogen and oxygen atoms in total. The van der Waals surface area contributed by atoms with Crippen LogP contribution in [0.1, 0.15) is 53.2 Å². The van der Waals surface area contributed by atoms with Crippen LogP contribution in [0.4, 0.5) is 0 Å². The van der Waals surface area contributed by atoms with Crippen LogP contribution >= 0.6 is 0 Å². The first-order valence-electron chi connectivity index (χ1n) is 8.29. The number of sulfonamides is 1. The summed E-state index contributed by atoms with van der Waals surface area (Å²) >= 11 is 0. The second-order valence-electron chi connectivity index (χ2n) is 7.68. The summed E-state index contributed by atoms with van der Waals surface area (Å²) in [5, 5.41) is 6.25. The van der Waals surface area contributed by atoms with Crippen molar-refractivity contribution in [3.8, 4) is 0 Å². The molecule has 0 radical (unpaired) electrons. The molecule has 0 bridgehead atoms. The third kappa shape index (κ3) is 8.35. The van der Waals surface area contributed by atoms with E-state index in [-0.39, 0.29) is 5.41 Å². The molecule has 1 aromatic rings. The third-order valence-electron chi connectivity index (χ3n) is 3.17. The predicted molar refractivity (Wildman–Crippen MR) is 100 cm³/mol. The molecule has 0 aromatic carbocycles. The quantitative estimate of drug-likeness (QED) is 0.492. The van der Waals surface area contributed by atoms with Gasteiger partial charge in [-0.15, -0.1) is 0 Å². The van der Waals surface area contributed by atoms with E-state index in [0.29, 0.717) is 31.5 Å². The van der Waals surface area contributed by atoms with E-state index in [4.69, 9.17) is 4.42 Å². The molecule has 0 amide bonds. The molecule has 3 N–H and O–H groups in total. The molecular formula is C16H31N5O3S. The molecule has 0 unspecified atom stereocenters. The molecule has 0 atom stereocenters. The Morgan fingerprint density at radius 2 is 1.88 bits per heavy atom. The summed E-state index contributed by atoms with van der Waals surface area (Å²) in [6.45, 7) is 13.1. The van der Waals surface area contributed by atoms with E-state index in [1.165, 1.54) is 0 Å². The summed E-state index contributed by atoms with van der Waals surface area (Å²) in [6.07, 6.45) is 2.87. The van der Waals surface area contributed by atoms with Gasteiger partial charge in [-0.1, -0.05) is 20.8 Å². The van der Waals surface area contributed by atoms with Gasteiger partial charge in [0.1, 0.15) is 12.3 Å². The third-order valence-corrected chi connectivity index (χ3v) is 4.09.